The van der Waals surface area contributed by atoms with Gasteiger partial charge in [-0.2, -0.15) is 0 Å². The van der Waals surface area contributed by atoms with Gasteiger partial charge in [-0.3, -0.25) is 0 Å². The van der Waals surface area contributed by atoms with Gasteiger partial charge < -0.3 is 0 Å². The number of hydrogen-bond acceptors (Lipinski definition) is 0. The molecule has 9 heavy (non-hydrogen) atoms. The van der Waals surface area contributed by atoms with E-state index in [4.69, 9.17) is 11.6 Å². The molecule has 0 aromatic rings. The Morgan fingerprint density at radius 1 is 1.44 bits per heavy atom. The predicted octanol–water partition coefficient (Wildman–Crippen LogP) is 3.40. The molecule has 1 atom stereocenters. The highest BCUT2D eigenvalue weighted by Crippen LogP contribution is 2.20. The zero-order valence-corrected chi connectivity index (χ0v) is 7.17. The molecule has 0 spiro atoms. The molecular formula is C8H16Cl. The molecule has 0 nitrogen and oxygen atoms in total. The molecule has 0 amide bonds. The van der Waals surface area contributed by atoms with Crippen molar-refractivity contribution >= 4 is 11.6 Å². The second-order valence-corrected chi connectivity index (χ2v) is 3.78. The lowest BCUT2D eigenvalue weighted by atomic mass is 10.1. The highest BCUT2D eigenvalue weighted by molar-refractivity contribution is 6.24. The lowest BCUT2D eigenvalue weighted by Crippen LogP contribution is -2.09. The molecule has 0 aliphatic carbocycles. The summed E-state index contributed by atoms with van der Waals surface area (Å²) in [6.45, 7) is 7.96. The van der Waals surface area contributed by atoms with Crippen LogP contribution in [-0.4, -0.2) is 4.87 Å². The summed E-state index contributed by atoms with van der Waals surface area (Å²) < 4.78 is 0. The van der Waals surface area contributed by atoms with E-state index in [2.05, 4.69) is 13.8 Å². The molecule has 0 saturated heterocycles. The van der Waals surface area contributed by atoms with E-state index in [9.17, 15) is 0 Å². The molecule has 0 rings (SSSR count). The van der Waals surface area contributed by atoms with Gasteiger partial charge in [-0.05, 0) is 20.3 Å². The highest BCUT2D eigenvalue weighted by Gasteiger charge is 2.11. The minimum absolute atomic E-state index is 0.227. The third-order valence-electron chi connectivity index (χ3n) is 1.30. The first-order valence-electron chi connectivity index (χ1n) is 3.60. The summed E-state index contributed by atoms with van der Waals surface area (Å²) in [5.74, 6) is 0. The number of halogens is 1. The standard InChI is InChI=1S/C8H16Cl/c1-4-5-6-7-8(2,3)9/h2,4-7H2,1,3H3. The van der Waals surface area contributed by atoms with Gasteiger partial charge in [0.25, 0.3) is 0 Å². The number of alkyl halides is 1. The second kappa shape index (κ2) is 4.16. The number of unbranched alkanes of at least 4 members (excludes halogenated alkanes) is 2. The van der Waals surface area contributed by atoms with Gasteiger partial charge in [0.15, 0.2) is 0 Å². The smallest absolute Gasteiger partial charge is 0.0419 e. The predicted molar refractivity (Wildman–Crippen MR) is 43.8 cm³/mol. The van der Waals surface area contributed by atoms with Crippen LogP contribution in [0.1, 0.15) is 39.5 Å². The van der Waals surface area contributed by atoms with E-state index in [-0.39, 0.29) is 4.87 Å². The summed E-state index contributed by atoms with van der Waals surface area (Å²) in [5.41, 5.74) is 0. The van der Waals surface area contributed by atoms with Crippen molar-refractivity contribution in [3.05, 3.63) is 6.92 Å². The quantitative estimate of drug-likeness (QED) is 0.423. The first kappa shape index (κ1) is 9.29. The van der Waals surface area contributed by atoms with E-state index in [1.165, 1.54) is 19.3 Å². The van der Waals surface area contributed by atoms with Crippen LogP contribution in [0.3, 0.4) is 0 Å². The summed E-state index contributed by atoms with van der Waals surface area (Å²) in [4.78, 5) is -0.227. The molecule has 0 aromatic heterocycles. The van der Waals surface area contributed by atoms with E-state index in [0.717, 1.165) is 6.42 Å². The molecule has 0 saturated carbocycles. The normalized spacial score (nSPS) is 12.0. The first-order valence-corrected chi connectivity index (χ1v) is 3.98. The van der Waals surface area contributed by atoms with Crippen LogP contribution in [0.2, 0.25) is 0 Å². The molecule has 0 heterocycles. The zero-order chi connectivity index (χ0) is 7.33. The summed E-state index contributed by atoms with van der Waals surface area (Å²) in [7, 11) is 0. The van der Waals surface area contributed by atoms with Crippen molar-refractivity contribution in [1.29, 1.82) is 0 Å². The molecule has 0 N–H and O–H groups in total. The Morgan fingerprint density at radius 3 is 2.33 bits per heavy atom. The monoisotopic (exact) mass is 147 g/mol. The Hall–Kier alpha value is 0.290. The molecule has 1 heteroatoms. The minimum Gasteiger partial charge on any atom is -0.120 e. The fourth-order valence-corrected chi connectivity index (χ4v) is 0.877. The molecule has 1 radical (unpaired) electrons. The first-order chi connectivity index (χ1) is 4.06. The third-order valence-corrected chi connectivity index (χ3v) is 1.49. The maximum absolute atomic E-state index is 5.86. The van der Waals surface area contributed by atoms with Crippen LogP contribution in [0.4, 0.5) is 0 Å². The van der Waals surface area contributed by atoms with Crippen LogP contribution in [-0.2, 0) is 0 Å². The number of hydrogen-bond donors (Lipinski definition) is 0. The van der Waals surface area contributed by atoms with E-state index in [1.807, 2.05) is 6.92 Å². The van der Waals surface area contributed by atoms with Gasteiger partial charge in [0.05, 0.1) is 0 Å². The molecule has 0 bridgehead atoms. The topological polar surface area (TPSA) is 0 Å². The highest BCUT2D eigenvalue weighted by atomic mass is 35.5. The minimum atomic E-state index is -0.227. The van der Waals surface area contributed by atoms with Crippen LogP contribution in [0, 0.1) is 6.92 Å². The molecule has 0 aliphatic heterocycles. The molecule has 0 aromatic carbocycles. The van der Waals surface area contributed by atoms with E-state index < -0.39 is 0 Å². The van der Waals surface area contributed by atoms with Crippen molar-refractivity contribution in [3.63, 3.8) is 0 Å². The molecule has 0 aliphatic rings. The maximum atomic E-state index is 5.86. The SMILES string of the molecule is [CH2]C(C)(Cl)CCCCC. The van der Waals surface area contributed by atoms with Crippen LogP contribution < -0.4 is 0 Å². The van der Waals surface area contributed by atoms with Crippen LogP contribution >= 0.6 is 11.6 Å². The average Bonchev–Trinajstić information content (AvgIpc) is 1.63. The van der Waals surface area contributed by atoms with Crippen molar-refractivity contribution in [3.8, 4) is 0 Å². The Bertz CT molecular complexity index is 61.5. The maximum Gasteiger partial charge on any atom is 0.0419 e. The molecule has 0 fully saturated rings. The van der Waals surface area contributed by atoms with Gasteiger partial charge in [0.1, 0.15) is 0 Å². The van der Waals surface area contributed by atoms with E-state index in [0.29, 0.717) is 0 Å². The van der Waals surface area contributed by atoms with Crippen molar-refractivity contribution in [1.82, 2.24) is 0 Å². The van der Waals surface area contributed by atoms with E-state index >= 15 is 0 Å². The summed E-state index contributed by atoms with van der Waals surface area (Å²) in [6, 6.07) is 0. The number of rotatable bonds is 4. The Labute approximate surface area is 63.6 Å². The van der Waals surface area contributed by atoms with Crippen molar-refractivity contribution in [2.45, 2.75) is 44.4 Å². The summed E-state index contributed by atoms with van der Waals surface area (Å²) in [6.07, 6.45) is 4.77. The lowest BCUT2D eigenvalue weighted by molar-refractivity contribution is 0.599. The van der Waals surface area contributed by atoms with Crippen molar-refractivity contribution in [2.24, 2.45) is 0 Å². The molecule has 55 valence electrons. The Morgan fingerprint density at radius 2 is 2.00 bits per heavy atom. The van der Waals surface area contributed by atoms with Crippen molar-refractivity contribution in [2.75, 3.05) is 0 Å². The fraction of sp³-hybridized carbons (Fsp3) is 0.875. The Balaban J connectivity index is 3.07. The third kappa shape index (κ3) is 8.29. The van der Waals surface area contributed by atoms with Gasteiger partial charge in [-0.1, -0.05) is 26.2 Å². The van der Waals surface area contributed by atoms with Crippen LogP contribution in [0.5, 0.6) is 0 Å². The van der Waals surface area contributed by atoms with Crippen LogP contribution in [0.25, 0.3) is 0 Å². The van der Waals surface area contributed by atoms with Crippen molar-refractivity contribution < 1.29 is 0 Å². The lowest BCUT2D eigenvalue weighted by Gasteiger charge is -2.13. The fourth-order valence-electron chi connectivity index (χ4n) is 0.744. The van der Waals surface area contributed by atoms with Gasteiger partial charge in [0, 0.05) is 4.87 Å². The summed E-state index contributed by atoms with van der Waals surface area (Å²) >= 11 is 5.86. The van der Waals surface area contributed by atoms with Gasteiger partial charge in [-0.15, -0.1) is 11.6 Å². The summed E-state index contributed by atoms with van der Waals surface area (Å²) in [5, 5.41) is 0. The average molecular weight is 148 g/mol. The van der Waals surface area contributed by atoms with Crippen LogP contribution in [0.15, 0.2) is 0 Å². The Kier molecular flexibility index (Phi) is 4.29. The zero-order valence-electron chi connectivity index (χ0n) is 6.41. The molecular weight excluding hydrogens is 132 g/mol. The largest absolute Gasteiger partial charge is 0.120 e. The second-order valence-electron chi connectivity index (χ2n) is 2.87. The van der Waals surface area contributed by atoms with Gasteiger partial charge in [0.2, 0.25) is 0 Å². The molecule has 1 unspecified atom stereocenters. The van der Waals surface area contributed by atoms with Gasteiger partial charge >= 0.3 is 0 Å². The van der Waals surface area contributed by atoms with E-state index in [1.54, 1.807) is 0 Å². The van der Waals surface area contributed by atoms with Gasteiger partial charge in [-0.25, -0.2) is 0 Å².